The molecule has 1 aliphatic heterocycles. The highest BCUT2D eigenvalue weighted by Crippen LogP contribution is 2.30. The van der Waals surface area contributed by atoms with Crippen LogP contribution in [-0.2, 0) is 14.8 Å². The lowest BCUT2D eigenvalue weighted by Gasteiger charge is -2.33. The van der Waals surface area contributed by atoms with E-state index in [1.165, 1.54) is 53.6 Å². The number of carbonyl (C=O) groups excluding carboxylic acids is 2. The summed E-state index contributed by atoms with van der Waals surface area (Å²) in [6.07, 6.45) is 0. The van der Waals surface area contributed by atoms with Gasteiger partial charge < -0.3 is 19.4 Å². The van der Waals surface area contributed by atoms with Crippen LogP contribution in [0.2, 0.25) is 0 Å². The molecule has 0 radical (unpaired) electrons. The Morgan fingerprint density at radius 2 is 1.71 bits per heavy atom. The van der Waals surface area contributed by atoms with E-state index in [1.54, 1.807) is 12.1 Å². The fourth-order valence-corrected chi connectivity index (χ4v) is 5.71. The van der Waals surface area contributed by atoms with Gasteiger partial charge in [0.25, 0.3) is 5.91 Å². The molecule has 184 valence electrons. The van der Waals surface area contributed by atoms with Crippen LogP contribution < -0.4 is 15.7 Å². The summed E-state index contributed by atoms with van der Waals surface area (Å²) < 4.78 is 38.6. The number of anilines is 1. The predicted octanol–water partition coefficient (Wildman–Crippen LogP) is 2.67. The fraction of sp³-hybridized carbons (Fsp3) is 0.261. The van der Waals surface area contributed by atoms with Crippen LogP contribution in [0.3, 0.4) is 0 Å². The molecule has 1 fully saturated rings. The van der Waals surface area contributed by atoms with Crippen LogP contribution in [-0.4, -0.2) is 62.7 Å². The van der Waals surface area contributed by atoms with Crippen molar-refractivity contribution in [2.45, 2.75) is 11.8 Å². The smallest absolute Gasteiger partial charge is 0.349 e. The number of carbonyl (C=O) groups is 2. The summed E-state index contributed by atoms with van der Waals surface area (Å²) in [7, 11) is -2.34. The zero-order valence-corrected chi connectivity index (χ0v) is 21.3. The van der Waals surface area contributed by atoms with Gasteiger partial charge in [0.2, 0.25) is 15.9 Å². The summed E-state index contributed by atoms with van der Waals surface area (Å²) >= 11 is 3.36. The van der Waals surface area contributed by atoms with Gasteiger partial charge in [0.1, 0.15) is 5.56 Å². The van der Waals surface area contributed by atoms with E-state index in [0.29, 0.717) is 21.3 Å². The Morgan fingerprint density at radius 1 is 1.06 bits per heavy atom. The number of ether oxygens (including phenoxy) is 1. The van der Waals surface area contributed by atoms with Crippen molar-refractivity contribution in [1.82, 2.24) is 9.21 Å². The number of methoxy groups -OCH3 is 1. The molecule has 1 aliphatic rings. The van der Waals surface area contributed by atoms with Crippen molar-refractivity contribution >= 4 is 54.4 Å². The molecule has 2 heterocycles. The molecule has 2 aromatic carbocycles. The van der Waals surface area contributed by atoms with Crippen molar-refractivity contribution in [3.05, 3.63) is 62.9 Å². The number of halogens is 1. The first-order valence-corrected chi connectivity index (χ1v) is 12.8. The lowest BCUT2D eigenvalue weighted by atomic mass is 10.1. The van der Waals surface area contributed by atoms with Crippen molar-refractivity contribution in [1.29, 1.82) is 0 Å². The summed E-state index contributed by atoms with van der Waals surface area (Å²) in [4.78, 5) is 38.3. The molecule has 12 heteroatoms. The normalized spacial score (nSPS) is 14.7. The van der Waals surface area contributed by atoms with Gasteiger partial charge in [-0.3, -0.25) is 9.59 Å². The highest BCUT2D eigenvalue weighted by molar-refractivity contribution is 9.10. The summed E-state index contributed by atoms with van der Waals surface area (Å²) in [5, 5.41) is 3.10. The fourth-order valence-electron chi connectivity index (χ4n) is 3.83. The molecule has 1 N–H and O–H groups in total. The van der Waals surface area contributed by atoms with E-state index in [9.17, 15) is 22.8 Å². The van der Waals surface area contributed by atoms with Crippen molar-refractivity contribution in [2.75, 3.05) is 38.6 Å². The molecule has 1 saturated heterocycles. The Balaban J connectivity index is 1.50. The van der Waals surface area contributed by atoms with Crippen LogP contribution in [0.4, 0.5) is 5.69 Å². The number of benzene rings is 2. The maximum atomic E-state index is 13.1. The molecule has 0 unspecified atom stereocenters. The lowest BCUT2D eigenvalue weighted by molar-refractivity contribution is -0.114. The quantitative estimate of drug-likeness (QED) is 0.473. The predicted molar refractivity (Wildman–Crippen MR) is 132 cm³/mol. The number of sulfonamides is 1. The van der Waals surface area contributed by atoms with Gasteiger partial charge in [-0.1, -0.05) is 15.9 Å². The first kappa shape index (κ1) is 24.9. The minimum Gasteiger partial charge on any atom is -0.493 e. The topological polar surface area (TPSA) is 126 Å². The molecule has 3 aromatic rings. The van der Waals surface area contributed by atoms with Crippen molar-refractivity contribution in [2.24, 2.45) is 0 Å². The summed E-state index contributed by atoms with van der Waals surface area (Å²) in [5.41, 5.74) is -0.205. The molecular weight excluding hydrogens is 542 g/mol. The summed E-state index contributed by atoms with van der Waals surface area (Å²) in [6.45, 7) is 1.73. The monoisotopic (exact) mass is 563 g/mol. The SMILES string of the molecule is COc1cc(Br)cc2cc(C(=O)N3CCN(S(=O)(=O)c4ccc(NC(C)=O)cc4)CC3)c(=O)oc12. The molecule has 4 rings (SSSR count). The molecule has 10 nitrogen and oxygen atoms in total. The van der Waals surface area contributed by atoms with E-state index in [0.717, 1.165) is 0 Å². The van der Waals surface area contributed by atoms with Crippen LogP contribution >= 0.6 is 15.9 Å². The minimum atomic E-state index is -3.79. The van der Waals surface area contributed by atoms with Gasteiger partial charge in [-0.05, 0) is 42.5 Å². The second-order valence-corrected chi connectivity index (χ2v) is 10.7. The second kappa shape index (κ2) is 9.80. The Bertz CT molecular complexity index is 1460. The second-order valence-electron chi connectivity index (χ2n) is 7.88. The first-order valence-electron chi connectivity index (χ1n) is 10.6. The Labute approximate surface area is 209 Å². The van der Waals surface area contributed by atoms with Gasteiger partial charge in [-0.2, -0.15) is 4.31 Å². The van der Waals surface area contributed by atoms with Crippen LogP contribution in [0.25, 0.3) is 11.0 Å². The third-order valence-corrected chi connectivity index (χ3v) is 7.92. The number of hydrogen-bond acceptors (Lipinski definition) is 7. The molecule has 1 aromatic heterocycles. The van der Waals surface area contributed by atoms with Crippen LogP contribution in [0.15, 0.2) is 61.0 Å². The molecule has 0 aliphatic carbocycles. The standard InChI is InChI=1S/C23H22BrN3O7S/c1-14(28)25-17-3-5-18(6-4-17)35(31,32)27-9-7-26(8-10-27)22(29)19-12-15-11-16(24)13-20(33-2)21(15)34-23(19)30/h3-6,11-13H,7-10H2,1-2H3,(H,25,28). The number of rotatable bonds is 5. The number of fused-ring (bicyclic) bond motifs is 1. The van der Waals surface area contributed by atoms with E-state index < -0.39 is 21.6 Å². The van der Waals surface area contributed by atoms with Crippen molar-refractivity contribution in [3.63, 3.8) is 0 Å². The average Bonchev–Trinajstić information content (AvgIpc) is 2.83. The summed E-state index contributed by atoms with van der Waals surface area (Å²) in [5.74, 6) is -0.431. The maximum absolute atomic E-state index is 13.1. The van der Waals surface area contributed by atoms with E-state index in [-0.39, 0.29) is 48.1 Å². The van der Waals surface area contributed by atoms with E-state index in [1.807, 2.05) is 0 Å². The molecule has 0 saturated carbocycles. The van der Waals surface area contributed by atoms with Gasteiger partial charge >= 0.3 is 5.63 Å². The van der Waals surface area contributed by atoms with Gasteiger partial charge in [0, 0.05) is 48.6 Å². The molecule has 2 amide bonds. The zero-order valence-electron chi connectivity index (χ0n) is 18.9. The van der Waals surface area contributed by atoms with E-state index in [4.69, 9.17) is 9.15 Å². The van der Waals surface area contributed by atoms with Gasteiger partial charge in [0.05, 0.1) is 12.0 Å². The third kappa shape index (κ3) is 5.09. The zero-order chi connectivity index (χ0) is 25.3. The molecular formula is C23H22BrN3O7S. The number of amides is 2. The Hall–Kier alpha value is -3.22. The Morgan fingerprint density at radius 3 is 2.31 bits per heavy atom. The molecule has 35 heavy (non-hydrogen) atoms. The highest BCUT2D eigenvalue weighted by Gasteiger charge is 2.31. The van der Waals surface area contributed by atoms with Gasteiger partial charge in [0.15, 0.2) is 11.3 Å². The average molecular weight is 564 g/mol. The van der Waals surface area contributed by atoms with Crippen molar-refractivity contribution < 1.29 is 27.2 Å². The number of hydrogen-bond donors (Lipinski definition) is 1. The third-order valence-electron chi connectivity index (χ3n) is 5.55. The van der Waals surface area contributed by atoms with Crippen molar-refractivity contribution in [3.8, 4) is 5.75 Å². The largest absolute Gasteiger partial charge is 0.493 e. The highest BCUT2D eigenvalue weighted by atomic mass is 79.9. The number of piperazine rings is 1. The number of nitrogens with zero attached hydrogens (tertiary/aromatic N) is 2. The summed E-state index contributed by atoms with van der Waals surface area (Å²) in [6, 6.07) is 10.7. The van der Waals surface area contributed by atoms with E-state index in [2.05, 4.69) is 21.2 Å². The molecule has 0 spiro atoms. The van der Waals surface area contributed by atoms with Gasteiger partial charge in [-0.25, -0.2) is 13.2 Å². The van der Waals surface area contributed by atoms with Crippen LogP contribution in [0.5, 0.6) is 5.75 Å². The maximum Gasteiger partial charge on any atom is 0.349 e. The first-order chi connectivity index (χ1) is 16.6. The Kier molecular flexibility index (Phi) is 6.97. The minimum absolute atomic E-state index is 0.0693. The molecule has 0 bridgehead atoms. The van der Waals surface area contributed by atoms with E-state index >= 15 is 0 Å². The number of nitrogens with one attached hydrogen (secondary N) is 1. The van der Waals surface area contributed by atoms with Crippen LogP contribution in [0, 0.1) is 0 Å². The van der Waals surface area contributed by atoms with Gasteiger partial charge in [-0.15, -0.1) is 0 Å². The molecule has 0 atom stereocenters. The lowest BCUT2D eigenvalue weighted by Crippen LogP contribution is -2.51. The van der Waals surface area contributed by atoms with Crippen LogP contribution in [0.1, 0.15) is 17.3 Å².